The van der Waals surface area contributed by atoms with Gasteiger partial charge in [0.15, 0.2) is 5.96 Å². The van der Waals surface area contributed by atoms with Crippen molar-refractivity contribution in [1.82, 2.24) is 31.9 Å². The number of carboxylic acid groups (broad SMARTS) is 1. The third kappa shape index (κ3) is 14.4. The lowest BCUT2D eigenvalue weighted by Gasteiger charge is -2.26. The Morgan fingerprint density at radius 1 is 0.804 bits per heavy atom. The maximum absolute atomic E-state index is 13.9. The van der Waals surface area contributed by atoms with E-state index in [2.05, 4.69) is 48.7 Å². The van der Waals surface area contributed by atoms with Crippen LogP contribution >= 0.6 is 0 Å². The molecule has 56 heavy (non-hydrogen) atoms. The van der Waals surface area contributed by atoms with E-state index in [1.165, 1.54) is 0 Å². The van der Waals surface area contributed by atoms with E-state index < -0.39 is 78.7 Å². The number of amides is 6. The number of carbonyl (C=O) groups is 7. The van der Waals surface area contributed by atoms with Crippen LogP contribution in [0.4, 0.5) is 4.79 Å². The van der Waals surface area contributed by atoms with Gasteiger partial charge in [-0.25, -0.2) is 4.79 Å². The van der Waals surface area contributed by atoms with E-state index in [1.54, 1.807) is 30.3 Å². The predicted molar refractivity (Wildman–Crippen MR) is 203 cm³/mol. The number of carbonyl (C=O) groups excluding carboxylic acids is 6. The van der Waals surface area contributed by atoms with Crippen LogP contribution in [-0.4, -0.2) is 103 Å². The average Bonchev–Trinajstić information content (AvgIpc) is 3.80. The number of ether oxygens (including phenoxy) is 1. The number of nitrogens with two attached hydrogens (primary N) is 2. The third-order valence-electron chi connectivity index (χ3n) is 10.0. The number of carboxylic acids is 1. The first-order valence-electron chi connectivity index (χ1n) is 19.1. The normalized spacial score (nSPS) is 25.5. The first-order valence-corrected chi connectivity index (χ1v) is 19.1. The number of hydrogen-bond donors (Lipinski definition) is 9. The summed E-state index contributed by atoms with van der Waals surface area (Å²) < 4.78 is 5.49. The molecule has 0 bridgehead atoms. The number of guanidine groups is 1. The molecule has 0 spiro atoms. The van der Waals surface area contributed by atoms with E-state index in [0.717, 1.165) is 25.7 Å². The second kappa shape index (κ2) is 21.9. The van der Waals surface area contributed by atoms with Crippen LogP contribution in [0.2, 0.25) is 0 Å². The Bertz CT molecular complexity index is 1640. The quantitative estimate of drug-likeness (QED) is 0.0458. The highest BCUT2D eigenvalue weighted by molar-refractivity contribution is 5.98. The second-order valence-electron chi connectivity index (χ2n) is 14.2. The van der Waals surface area contributed by atoms with Crippen LogP contribution in [0.25, 0.3) is 0 Å². The van der Waals surface area contributed by atoms with Crippen molar-refractivity contribution in [1.29, 1.82) is 0 Å². The minimum absolute atomic E-state index is 0.0316. The first-order chi connectivity index (χ1) is 26.9. The number of alkyl carbamates (subject to hydrolysis) is 1. The lowest BCUT2D eigenvalue weighted by Crippen LogP contribution is -2.58. The summed E-state index contributed by atoms with van der Waals surface area (Å²) in [4.78, 5) is 95.2. The van der Waals surface area contributed by atoms with Gasteiger partial charge in [0.05, 0.1) is 19.6 Å². The smallest absolute Gasteiger partial charge is 0.407 e. The molecular weight excluding hydrogens is 726 g/mol. The molecule has 1 aromatic rings. The van der Waals surface area contributed by atoms with E-state index in [9.17, 15) is 38.7 Å². The van der Waals surface area contributed by atoms with Crippen LogP contribution < -0.4 is 43.4 Å². The molecule has 1 aliphatic heterocycles. The Morgan fingerprint density at radius 2 is 1.41 bits per heavy atom. The first kappa shape index (κ1) is 42.9. The molecule has 2 fully saturated rings. The van der Waals surface area contributed by atoms with E-state index in [1.807, 2.05) is 0 Å². The predicted octanol–water partition coefficient (Wildman–Crippen LogP) is -0.837. The van der Waals surface area contributed by atoms with Gasteiger partial charge in [0, 0.05) is 32.4 Å². The fourth-order valence-corrected chi connectivity index (χ4v) is 7.01. The monoisotopic (exact) mass is 779 g/mol. The molecule has 2 unspecified atom stereocenters. The third-order valence-corrected chi connectivity index (χ3v) is 10.0. The topological polar surface area (TPSA) is 286 Å². The number of aliphatic carboxylic acids is 1. The Balaban J connectivity index is 1.45. The van der Waals surface area contributed by atoms with Crippen molar-refractivity contribution in [2.24, 2.45) is 34.2 Å². The van der Waals surface area contributed by atoms with E-state index >= 15 is 0 Å². The zero-order valence-electron chi connectivity index (χ0n) is 31.3. The highest BCUT2D eigenvalue weighted by Crippen LogP contribution is 2.52. The molecule has 4 rings (SSSR count). The van der Waals surface area contributed by atoms with Gasteiger partial charge in [0.25, 0.3) is 0 Å². The number of aliphatic imine (C=N–C) groups is 1. The molecule has 6 amide bonds. The maximum atomic E-state index is 13.9. The summed E-state index contributed by atoms with van der Waals surface area (Å²) >= 11 is 0. The molecule has 18 nitrogen and oxygen atoms in total. The van der Waals surface area contributed by atoms with Gasteiger partial charge < -0.3 is 53.2 Å². The molecule has 11 N–H and O–H groups in total. The molecule has 1 saturated carbocycles. The molecule has 1 aromatic carbocycles. The number of benzene rings is 1. The Hall–Kier alpha value is -5.86. The number of nitrogens with one attached hydrogen (secondary N) is 6. The maximum Gasteiger partial charge on any atom is 0.407 e. The van der Waals surface area contributed by atoms with Crippen molar-refractivity contribution in [3.05, 3.63) is 35.9 Å². The van der Waals surface area contributed by atoms with E-state index in [-0.39, 0.29) is 44.7 Å². The molecule has 6 atom stereocenters. The number of hydrogen-bond acceptors (Lipinski definition) is 9. The van der Waals surface area contributed by atoms with Crippen molar-refractivity contribution in [3.8, 4) is 11.8 Å². The molecule has 2 aliphatic carbocycles. The standard InChI is InChI=1S/C38H53N9O9/c39-37(40)41-18-10-16-27-33(51)43-21-31(48)44-30(20-32(49)50)36(54)47-29(19-23-11-4-3-5-12-23)35(53)46-28(34(52)45-27)15-8-9-17-42-38(55)56-22-26-24-13-6-1-2-7-14-25(24)26/h3-5,11-12,24-30H,6-10,13-22H2,(H,42,55)(H,43,51)(H,44,48)(H,45,52)(H,46,53)(H,47,54)(H,49,50)(H4,39,40,41)/t24?,25?,26?,27-,28-,29+,30-/m0/s1. The molecular formula is C38H53N9O9. The number of nitrogens with zero attached hydrogens (tertiary/aromatic N) is 1. The second-order valence-corrected chi connectivity index (χ2v) is 14.2. The molecule has 18 heteroatoms. The largest absolute Gasteiger partial charge is 0.481 e. The van der Waals surface area contributed by atoms with Crippen LogP contribution in [0.1, 0.15) is 69.8 Å². The zero-order chi connectivity index (χ0) is 40.5. The van der Waals surface area contributed by atoms with Gasteiger partial charge in [0.2, 0.25) is 29.5 Å². The molecule has 0 radical (unpaired) electrons. The summed E-state index contributed by atoms with van der Waals surface area (Å²) in [7, 11) is 0. The van der Waals surface area contributed by atoms with Crippen molar-refractivity contribution in [2.45, 2.75) is 94.8 Å². The summed E-state index contributed by atoms with van der Waals surface area (Å²) in [5.41, 5.74) is 11.5. The lowest BCUT2D eigenvalue weighted by molar-refractivity contribution is -0.141. The SMILES string of the molecule is NC(N)=NCCC[C@@H]1NC(=O)[C@H](CCCCNC(=O)OCC2C3CCC#CCCC32)NC(=O)[C@@H](Cc2ccccc2)NC(=O)[C@H](CC(=O)O)NC(=O)CNC1=O. The fraction of sp³-hybridized carbons (Fsp3) is 0.579. The summed E-state index contributed by atoms with van der Waals surface area (Å²) in [6.07, 6.45) is 3.55. The molecule has 3 aliphatic rings. The van der Waals surface area contributed by atoms with Crippen LogP contribution in [0.3, 0.4) is 0 Å². The zero-order valence-corrected chi connectivity index (χ0v) is 31.3. The minimum atomic E-state index is -1.59. The van der Waals surface area contributed by atoms with E-state index in [4.69, 9.17) is 16.2 Å². The van der Waals surface area contributed by atoms with Gasteiger partial charge >= 0.3 is 12.1 Å². The summed E-state index contributed by atoms with van der Waals surface area (Å²) in [6.45, 7) is 0.0858. The van der Waals surface area contributed by atoms with Crippen molar-refractivity contribution in [3.63, 3.8) is 0 Å². The number of rotatable bonds is 15. The highest BCUT2D eigenvalue weighted by atomic mass is 16.5. The van der Waals surface area contributed by atoms with Crippen LogP contribution in [0, 0.1) is 29.6 Å². The lowest BCUT2D eigenvalue weighted by atomic mass is 10.0. The number of unbranched alkanes of at least 4 members (excludes halogenated alkanes) is 1. The Kier molecular flexibility index (Phi) is 16.8. The van der Waals surface area contributed by atoms with Gasteiger partial charge in [-0.15, -0.1) is 11.8 Å². The summed E-state index contributed by atoms with van der Waals surface area (Å²) in [6, 6.07) is 3.44. The van der Waals surface area contributed by atoms with Gasteiger partial charge in [-0.2, -0.15) is 0 Å². The van der Waals surface area contributed by atoms with E-state index in [0.29, 0.717) is 42.8 Å². The van der Waals surface area contributed by atoms with Gasteiger partial charge in [-0.05, 0) is 68.3 Å². The van der Waals surface area contributed by atoms with Crippen molar-refractivity contribution in [2.75, 3.05) is 26.2 Å². The van der Waals surface area contributed by atoms with Gasteiger partial charge in [0.1, 0.15) is 24.2 Å². The van der Waals surface area contributed by atoms with Crippen LogP contribution in [-0.2, 0) is 39.9 Å². The Morgan fingerprint density at radius 3 is 2.07 bits per heavy atom. The average molecular weight is 780 g/mol. The van der Waals surface area contributed by atoms with Crippen LogP contribution in [0.15, 0.2) is 35.3 Å². The summed E-state index contributed by atoms with van der Waals surface area (Å²) in [5, 5.41) is 24.9. The van der Waals surface area contributed by atoms with Gasteiger partial charge in [-0.3, -0.25) is 33.8 Å². The molecule has 0 aromatic heterocycles. The van der Waals surface area contributed by atoms with Gasteiger partial charge in [-0.1, -0.05) is 30.3 Å². The molecule has 1 saturated heterocycles. The molecule has 1 heterocycles. The molecule has 304 valence electrons. The summed E-state index contributed by atoms with van der Waals surface area (Å²) in [5.74, 6) is 2.18. The van der Waals surface area contributed by atoms with Crippen molar-refractivity contribution >= 4 is 47.6 Å². The highest BCUT2D eigenvalue weighted by Gasteiger charge is 2.49. The Labute approximate surface area is 325 Å². The fourth-order valence-electron chi connectivity index (χ4n) is 7.01. The minimum Gasteiger partial charge on any atom is -0.481 e. The number of fused-ring (bicyclic) bond motifs is 1. The van der Waals surface area contributed by atoms with Crippen LogP contribution in [0.5, 0.6) is 0 Å². The van der Waals surface area contributed by atoms with Crippen molar-refractivity contribution < 1.29 is 43.4 Å².